The van der Waals surface area contributed by atoms with Crippen LogP contribution in [0.4, 0.5) is 11.8 Å². The van der Waals surface area contributed by atoms with Crippen molar-refractivity contribution in [2.24, 2.45) is 0 Å². The van der Waals surface area contributed by atoms with Gasteiger partial charge >= 0.3 is 0 Å². The molecule has 0 aliphatic rings. The van der Waals surface area contributed by atoms with Crippen LogP contribution in [0.2, 0.25) is 0 Å². The van der Waals surface area contributed by atoms with Crippen LogP contribution >= 0.6 is 11.3 Å². The summed E-state index contributed by atoms with van der Waals surface area (Å²) in [6, 6.07) is 20.8. The van der Waals surface area contributed by atoms with E-state index in [0.29, 0.717) is 12.5 Å². The molecule has 0 aliphatic heterocycles. The molecule has 2 aromatic heterocycles. The lowest BCUT2D eigenvalue weighted by Crippen LogP contribution is -2.07. The fourth-order valence-corrected chi connectivity index (χ4v) is 3.41. The van der Waals surface area contributed by atoms with E-state index in [9.17, 15) is 0 Å². The molecule has 4 rings (SSSR count). The van der Waals surface area contributed by atoms with Gasteiger partial charge in [-0.1, -0.05) is 48.0 Å². The van der Waals surface area contributed by atoms with Crippen molar-refractivity contribution < 1.29 is 0 Å². The molecule has 4 aromatic rings. The minimum atomic E-state index is 0.637. The Bertz CT molecular complexity index is 994. The summed E-state index contributed by atoms with van der Waals surface area (Å²) in [6.45, 7) is 3.55. The average molecular weight is 360 g/mol. The van der Waals surface area contributed by atoms with Crippen LogP contribution in [0.5, 0.6) is 0 Å². The third-order valence-electron chi connectivity index (χ3n) is 4.18. The van der Waals surface area contributed by atoms with E-state index in [1.54, 1.807) is 11.3 Å². The average Bonchev–Trinajstić information content (AvgIpc) is 3.19. The lowest BCUT2D eigenvalue weighted by Gasteiger charge is -2.11. The van der Waals surface area contributed by atoms with Gasteiger partial charge in [0.25, 0.3) is 0 Å². The van der Waals surface area contributed by atoms with Crippen molar-refractivity contribution in [3.05, 3.63) is 82.0 Å². The van der Waals surface area contributed by atoms with Crippen molar-refractivity contribution in [1.82, 2.24) is 9.97 Å². The molecule has 0 spiro atoms. The first-order chi connectivity index (χ1) is 12.8. The fraction of sp³-hybridized carbons (Fsp3) is 0.143. The van der Waals surface area contributed by atoms with Gasteiger partial charge in [0, 0.05) is 16.8 Å². The SMILES string of the molecule is Cc1ccc(CNc2nc(NCc3cccs3)c3ccccc3n2)cc1. The maximum Gasteiger partial charge on any atom is 0.225 e. The quantitative estimate of drug-likeness (QED) is 0.495. The summed E-state index contributed by atoms with van der Waals surface area (Å²) < 4.78 is 0. The van der Waals surface area contributed by atoms with Crippen LogP contribution in [-0.4, -0.2) is 9.97 Å². The van der Waals surface area contributed by atoms with E-state index in [1.165, 1.54) is 16.0 Å². The lowest BCUT2D eigenvalue weighted by atomic mass is 10.1. The van der Waals surface area contributed by atoms with Crippen LogP contribution in [0.1, 0.15) is 16.0 Å². The molecule has 0 atom stereocenters. The van der Waals surface area contributed by atoms with Gasteiger partial charge in [-0.15, -0.1) is 11.3 Å². The minimum Gasteiger partial charge on any atom is -0.364 e. The number of hydrogen-bond donors (Lipinski definition) is 2. The molecule has 2 heterocycles. The Morgan fingerprint density at radius 1 is 0.846 bits per heavy atom. The Morgan fingerprint density at radius 3 is 2.50 bits per heavy atom. The normalized spacial score (nSPS) is 10.8. The van der Waals surface area contributed by atoms with Crippen LogP contribution in [0.15, 0.2) is 66.0 Å². The smallest absolute Gasteiger partial charge is 0.225 e. The largest absolute Gasteiger partial charge is 0.364 e. The predicted octanol–water partition coefficient (Wildman–Crippen LogP) is 5.22. The molecule has 0 aliphatic carbocycles. The molecule has 2 N–H and O–H groups in total. The molecule has 5 heteroatoms. The number of nitrogens with zero attached hydrogens (tertiary/aromatic N) is 2. The number of rotatable bonds is 6. The highest BCUT2D eigenvalue weighted by Gasteiger charge is 2.08. The Kier molecular flexibility index (Phi) is 4.80. The van der Waals surface area contributed by atoms with E-state index in [4.69, 9.17) is 4.98 Å². The van der Waals surface area contributed by atoms with Gasteiger partial charge < -0.3 is 10.6 Å². The van der Waals surface area contributed by atoms with Gasteiger partial charge in [-0.2, -0.15) is 4.98 Å². The van der Waals surface area contributed by atoms with Crippen molar-refractivity contribution >= 4 is 34.0 Å². The van der Waals surface area contributed by atoms with Gasteiger partial charge in [-0.3, -0.25) is 0 Å². The minimum absolute atomic E-state index is 0.637. The Labute approximate surface area is 157 Å². The number of benzene rings is 2. The Balaban J connectivity index is 1.57. The van der Waals surface area contributed by atoms with Crippen LogP contribution in [0.25, 0.3) is 10.9 Å². The molecule has 0 fully saturated rings. The van der Waals surface area contributed by atoms with Crippen LogP contribution in [-0.2, 0) is 13.1 Å². The fourth-order valence-electron chi connectivity index (χ4n) is 2.76. The zero-order valence-electron chi connectivity index (χ0n) is 14.6. The molecule has 0 unspecified atom stereocenters. The monoisotopic (exact) mass is 360 g/mol. The standard InChI is InChI=1S/C21H20N4S/c1-15-8-10-16(11-9-15)13-23-21-24-19-7-3-2-6-18(19)20(25-21)22-14-17-5-4-12-26-17/h2-12H,13-14H2,1H3,(H2,22,23,24,25). The molecular formula is C21H20N4S. The highest BCUT2D eigenvalue weighted by Crippen LogP contribution is 2.23. The molecule has 4 nitrogen and oxygen atoms in total. The summed E-state index contributed by atoms with van der Waals surface area (Å²) in [5.74, 6) is 1.49. The van der Waals surface area contributed by atoms with E-state index < -0.39 is 0 Å². The molecule has 0 saturated heterocycles. The van der Waals surface area contributed by atoms with E-state index in [0.717, 1.165) is 23.3 Å². The molecular weight excluding hydrogens is 340 g/mol. The predicted molar refractivity (Wildman–Crippen MR) is 110 cm³/mol. The van der Waals surface area contributed by atoms with E-state index >= 15 is 0 Å². The van der Waals surface area contributed by atoms with Crippen LogP contribution in [0.3, 0.4) is 0 Å². The number of thiophene rings is 1. The van der Waals surface area contributed by atoms with Gasteiger partial charge in [-0.05, 0) is 36.1 Å². The van der Waals surface area contributed by atoms with Gasteiger partial charge in [0.1, 0.15) is 5.82 Å². The number of nitrogens with one attached hydrogen (secondary N) is 2. The van der Waals surface area contributed by atoms with E-state index in [1.807, 2.05) is 18.2 Å². The van der Waals surface area contributed by atoms with Crippen LogP contribution < -0.4 is 10.6 Å². The summed E-state index contributed by atoms with van der Waals surface area (Å²) in [5, 5.41) is 9.92. The molecule has 0 radical (unpaired) electrons. The third kappa shape index (κ3) is 3.83. The number of aromatic nitrogens is 2. The first-order valence-electron chi connectivity index (χ1n) is 8.60. The molecule has 0 saturated carbocycles. The maximum absolute atomic E-state index is 4.70. The van der Waals surface area contributed by atoms with Crippen molar-refractivity contribution in [1.29, 1.82) is 0 Å². The zero-order valence-corrected chi connectivity index (χ0v) is 15.4. The van der Waals surface area contributed by atoms with Gasteiger partial charge in [0.05, 0.1) is 12.1 Å². The second-order valence-electron chi connectivity index (χ2n) is 6.19. The van der Waals surface area contributed by atoms with Crippen molar-refractivity contribution in [2.75, 3.05) is 10.6 Å². The second kappa shape index (κ2) is 7.54. The summed E-state index contributed by atoms with van der Waals surface area (Å²) >= 11 is 1.74. The first-order valence-corrected chi connectivity index (χ1v) is 9.48. The number of fused-ring (bicyclic) bond motifs is 1. The maximum atomic E-state index is 4.70. The van der Waals surface area contributed by atoms with E-state index in [-0.39, 0.29) is 0 Å². The summed E-state index contributed by atoms with van der Waals surface area (Å²) in [4.78, 5) is 10.6. The highest BCUT2D eigenvalue weighted by molar-refractivity contribution is 7.09. The number of para-hydroxylation sites is 1. The van der Waals surface area contributed by atoms with Crippen molar-refractivity contribution in [3.8, 4) is 0 Å². The van der Waals surface area contributed by atoms with Gasteiger partial charge in [0.15, 0.2) is 0 Å². The molecule has 130 valence electrons. The third-order valence-corrected chi connectivity index (χ3v) is 5.06. The number of anilines is 2. The number of hydrogen-bond acceptors (Lipinski definition) is 5. The molecule has 0 bridgehead atoms. The Morgan fingerprint density at radius 2 is 1.69 bits per heavy atom. The highest BCUT2D eigenvalue weighted by atomic mass is 32.1. The number of aryl methyl sites for hydroxylation is 1. The van der Waals surface area contributed by atoms with Crippen molar-refractivity contribution in [2.45, 2.75) is 20.0 Å². The zero-order chi connectivity index (χ0) is 17.8. The summed E-state index contributed by atoms with van der Waals surface area (Å²) in [6.07, 6.45) is 0. The molecule has 2 aromatic carbocycles. The summed E-state index contributed by atoms with van der Waals surface area (Å²) in [5.41, 5.74) is 3.40. The summed E-state index contributed by atoms with van der Waals surface area (Å²) in [7, 11) is 0. The van der Waals surface area contributed by atoms with Gasteiger partial charge in [0.2, 0.25) is 5.95 Å². The second-order valence-corrected chi connectivity index (χ2v) is 7.22. The topological polar surface area (TPSA) is 49.8 Å². The molecule has 26 heavy (non-hydrogen) atoms. The van der Waals surface area contributed by atoms with Crippen LogP contribution in [0, 0.1) is 6.92 Å². The van der Waals surface area contributed by atoms with Gasteiger partial charge in [-0.25, -0.2) is 4.98 Å². The van der Waals surface area contributed by atoms with E-state index in [2.05, 4.69) is 70.4 Å². The van der Waals surface area contributed by atoms with Crippen molar-refractivity contribution in [3.63, 3.8) is 0 Å². The molecule has 0 amide bonds. The Hall–Kier alpha value is -2.92. The first kappa shape index (κ1) is 16.5. The lowest BCUT2D eigenvalue weighted by molar-refractivity contribution is 1.06.